The third-order valence-corrected chi connectivity index (χ3v) is 7.30. The van der Waals surface area contributed by atoms with E-state index in [0.29, 0.717) is 29.2 Å². The molecule has 1 aliphatic rings. The topological polar surface area (TPSA) is 73.4 Å². The molecule has 6 nitrogen and oxygen atoms in total. The summed E-state index contributed by atoms with van der Waals surface area (Å²) in [6, 6.07) is 17.0. The largest absolute Gasteiger partial charge is 0.465 e. The van der Waals surface area contributed by atoms with Gasteiger partial charge in [-0.1, -0.05) is 49.4 Å². The van der Waals surface area contributed by atoms with Gasteiger partial charge in [0.15, 0.2) is 0 Å². The van der Waals surface area contributed by atoms with Gasteiger partial charge in [-0.05, 0) is 83.9 Å². The van der Waals surface area contributed by atoms with Crippen molar-refractivity contribution in [1.82, 2.24) is 9.97 Å². The molecule has 0 radical (unpaired) electrons. The molecule has 0 saturated heterocycles. The number of rotatable bonds is 7. The van der Waals surface area contributed by atoms with Crippen LogP contribution >= 0.6 is 11.6 Å². The second-order valence-corrected chi connectivity index (χ2v) is 11.1. The van der Waals surface area contributed by atoms with Crippen molar-refractivity contribution >= 4 is 34.2 Å². The van der Waals surface area contributed by atoms with Crippen molar-refractivity contribution in [2.45, 2.75) is 33.1 Å². The van der Waals surface area contributed by atoms with Gasteiger partial charge >= 0.3 is 5.97 Å². The summed E-state index contributed by atoms with van der Waals surface area (Å²) in [4.78, 5) is 19.8. The number of pyridine rings is 1. The van der Waals surface area contributed by atoms with Crippen molar-refractivity contribution in [3.05, 3.63) is 94.3 Å². The molecule has 0 atom stereocenters. The Balaban J connectivity index is 1.29. The van der Waals surface area contributed by atoms with Gasteiger partial charge in [0.1, 0.15) is 29.3 Å². The number of hydrogen-bond acceptors (Lipinski definition) is 5. The second kappa shape index (κ2) is 12.0. The fraction of sp³-hybridized carbons (Fsp3) is 0.273. The number of methoxy groups -OCH3 is 1. The summed E-state index contributed by atoms with van der Waals surface area (Å²) in [6.07, 6.45) is 6.53. The third-order valence-electron chi connectivity index (χ3n) is 7.05. The first-order valence-corrected chi connectivity index (χ1v) is 13.6. The summed E-state index contributed by atoms with van der Waals surface area (Å²) >= 11 is 6.12. The van der Waals surface area contributed by atoms with Gasteiger partial charge in [-0.2, -0.15) is 0 Å². The highest BCUT2D eigenvalue weighted by atomic mass is 35.5. The number of nitrogens with one attached hydrogen (secondary N) is 1. The van der Waals surface area contributed by atoms with E-state index in [1.807, 2.05) is 30.5 Å². The number of nitrogens with zero attached hydrogens (tertiary/aromatic N) is 1. The molecule has 7 heteroatoms. The number of aromatic amines is 1. The molecule has 1 aliphatic carbocycles. The molecular weight excluding hydrogens is 524 g/mol. The van der Waals surface area contributed by atoms with E-state index in [0.717, 1.165) is 35.3 Å². The zero-order valence-electron chi connectivity index (χ0n) is 22.8. The lowest BCUT2D eigenvalue weighted by Gasteiger charge is -2.33. The molecule has 4 aromatic rings. The standard InChI is InChI=1S/C33H31ClN2O4/c1-33(2)14-12-25(29(19-33)23-7-9-26(34)10-8-23)21-39-16-4-5-22-6-11-28(32(37)38-3)30(17-22)40-27-18-24-13-15-35-31(24)36-20-27/h6-11,13,15,17-18,20H,12,14,16,19,21H2,1-3H3,(H,35,36). The van der Waals surface area contributed by atoms with Crippen LogP contribution in [0.2, 0.25) is 5.02 Å². The second-order valence-electron chi connectivity index (χ2n) is 10.6. The van der Waals surface area contributed by atoms with Crippen molar-refractivity contribution in [3.8, 4) is 23.3 Å². The lowest BCUT2D eigenvalue weighted by atomic mass is 9.73. The Hall–Kier alpha value is -4.05. The Morgan fingerprint density at radius 1 is 1.12 bits per heavy atom. The van der Waals surface area contributed by atoms with E-state index in [-0.39, 0.29) is 12.0 Å². The average Bonchev–Trinajstić information content (AvgIpc) is 3.41. The van der Waals surface area contributed by atoms with Crippen LogP contribution in [0.25, 0.3) is 16.6 Å². The predicted octanol–water partition coefficient (Wildman–Crippen LogP) is 7.83. The zero-order chi connectivity index (χ0) is 28.1. The fourth-order valence-corrected chi connectivity index (χ4v) is 5.00. The number of benzene rings is 2. The van der Waals surface area contributed by atoms with Crippen molar-refractivity contribution in [2.24, 2.45) is 5.41 Å². The Morgan fingerprint density at radius 2 is 1.95 bits per heavy atom. The number of esters is 1. The van der Waals surface area contributed by atoms with Crippen LogP contribution in [0.3, 0.4) is 0 Å². The number of H-pyrrole nitrogens is 1. The molecule has 2 aromatic carbocycles. The van der Waals surface area contributed by atoms with E-state index >= 15 is 0 Å². The predicted molar refractivity (Wildman–Crippen MR) is 158 cm³/mol. The summed E-state index contributed by atoms with van der Waals surface area (Å²) in [6.45, 7) is 5.44. The third kappa shape index (κ3) is 6.56. The van der Waals surface area contributed by atoms with Gasteiger partial charge in [0, 0.05) is 22.2 Å². The number of ether oxygens (including phenoxy) is 3. The van der Waals surface area contributed by atoms with Gasteiger partial charge in [-0.15, -0.1) is 0 Å². The Bertz CT molecular complexity index is 1620. The first-order valence-electron chi connectivity index (χ1n) is 13.2. The number of hydrogen-bond donors (Lipinski definition) is 1. The Labute approximate surface area is 239 Å². The number of halogens is 1. The van der Waals surface area contributed by atoms with Crippen LogP contribution in [-0.4, -0.2) is 36.3 Å². The SMILES string of the molecule is COC(=O)c1ccc(C#CCOCC2=C(c3ccc(Cl)cc3)CC(C)(C)CC2)cc1Oc1cnc2[nH]ccc2c1. The smallest absolute Gasteiger partial charge is 0.341 e. The van der Waals surface area contributed by atoms with Crippen molar-refractivity contribution in [3.63, 3.8) is 0 Å². The molecule has 0 amide bonds. The Morgan fingerprint density at radius 3 is 2.75 bits per heavy atom. The van der Waals surface area contributed by atoms with E-state index in [9.17, 15) is 4.79 Å². The van der Waals surface area contributed by atoms with Gasteiger partial charge in [-0.3, -0.25) is 0 Å². The molecule has 0 spiro atoms. The van der Waals surface area contributed by atoms with Gasteiger partial charge in [0.25, 0.3) is 0 Å². The lowest BCUT2D eigenvalue weighted by molar-refractivity contribution is 0.0598. The van der Waals surface area contributed by atoms with E-state index in [1.165, 1.54) is 23.8 Å². The lowest BCUT2D eigenvalue weighted by Crippen LogP contribution is -2.20. The van der Waals surface area contributed by atoms with Crippen molar-refractivity contribution < 1.29 is 19.0 Å². The minimum atomic E-state index is -0.492. The molecule has 2 heterocycles. The maximum absolute atomic E-state index is 12.4. The summed E-state index contributed by atoms with van der Waals surface area (Å²) < 4.78 is 17.0. The first-order chi connectivity index (χ1) is 19.3. The molecular formula is C33H31ClN2O4. The maximum atomic E-state index is 12.4. The summed E-state index contributed by atoms with van der Waals surface area (Å²) in [7, 11) is 1.34. The highest BCUT2D eigenvalue weighted by Crippen LogP contribution is 2.43. The fourth-order valence-electron chi connectivity index (χ4n) is 4.88. The summed E-state index contributed by atoms with van der Waals surface area (Å²) in [5.74, 6) is 6.58. The monoisotopic (exact) mass is 554 g/mol. The summed E-state index contributed by atoms with van der Waals surface area (Å²) in [5.41, 5.74) is 5.86. The molecule has 5 rings (SSSR count). The molecule has 40 heavy (non-hydrogen) atoms. The van der Waals surface area contributed by atoms with Gasteiger partial charge in [0.05, 0.1) is 19.9 Å². The van der Waals surface area contributed by atoms with Crippen LogP contribution < -0.4 is 4.74 Å². The van der Waals surface area contributed by atoms with Crippen molar-refractivity contribution in [2.75, 3.05) is 20.3 Å². The van der Waals surface area contributed by atoms with Crippen LogP contribution in [-0.2, 0) is 9.47 Å². The van der Waals surface area contributed by atoms with Crippen LogP contribution in [0.1, 0.15) is 54.6 Å². The summed E-state index contributed by atoms with van der Waals surface area (Å²) in [5, 5.41) is 1.64. The van der Waals surface area contributed by atoms with Crippen LogP contribution in [0, 0.1) is 17.3 Å². The average molecular weight is 555 g/mol. The maximum Gasteiger partial charge on any atom is 0.341 e. The van der Waals surface area contributed by atoms with Crippen molar-refractivity contribution in [1.29, 1.82) is 0 Å². The molecule has 0 unspecified atom stereocenters. The molecule has 0 bridgehead atoms. The molecule has 0 aliphatic heterocycles. The van der Waals surface area contributed by atoms with Crippen LogP contribution in [0.15, 0.2) is 72.6 Å². The van der Waals surface area contributed by atoms with Gasteiger partial charge in [-0.25, -0.2) is 9.78 Å². The van der Waals surface area contributed by atoms with E-state index < -0.39 is 5.97 Å². The van der Waals surface area contributed by atoms with E-state index in [2.05, 4.69) is 47.8 Å². The first kappa shape index (κ1) is 27.5. The highest BCUT2D eigenvalue weighted by molar-refractivity contribution is 6.30. The normalized spacial score (nSPS) is 14.5. The van der Waals surface area contributed by atoms with Gasteiger partial charge < -0.3 is 19.2 Å². The molecule has 1 N–H and O–H groups in total. The minimum Gasteiger partial charge on any atom is -0.465 e. The molecule has 2 aromatic heterocycles. The highest BCUT2D eigenvalue weighted by Gasteiger charge is 2.27. The number of aromatic nitrogens is 2. The molecule has 0 fully saturated rings. The Kier molecular flexibility index (Phi) is 8.25. The molecule has 204 valence electrons. The zero-order valence-corrected chi connectivity index (χ0v) is 23.6. The van der Waals surface area contributed by atoms with Crippen LogP contribution in [0.4, 0.5) is 0 Å². The van der Waals surface area contributed by atoms with E-state index in [4.69, 9.17) is 25.8 Å². The molecule has 0 saturated carbocycles. The number of fused-ring (bicyclic) bond motifs is 1. The number of carbonyl (C=O) groups excluding carboxylic acids is 1. The quantitative estimate of drug-likeness (QED) is 0.143. The van der Waals surface area contributed by atoms with E-state index in [1.54, 1.807) is 24.4 Å². The number of carbonyl (C=O) groups is 1. The minimum absolute atomic E-state index is 0.248. The van der Waals surface area contributed by atoms with Gasteiger partial charge in [0.2, 0.25) is 0 Å². The number of allylic oxidation sites excluding steroid dienone is 1. The van der Waals surface area contributed by atoms with Crippen LogP contribution in [0.5, 0.6) is 11.5 Å².